The molecule has 0 aromatic heterocycles. The predicted molar refractivity (Wildman–Crippen MR) is 59.0 cm³/mol. The molecule has 1 aromatic carbocycles. The molecule has 82 valence electrons. The van der Waals surface area contributed by atoms with Crippen LogP contribution in [0.5, 0.6) is 0 Å². The Balaban J connectivity index is 2.24. The van der Waals surface area contributed by atoms with E-state index in [-0.39, 0.29) is 5.82 Å². The summed E-state index contributed by atoms with van der Waals surface area (Å²) in [4.78, 5) is 2.01. The van der Waals surface area contributed by atoms with Gasteiger partial charge in [-0.3, -0.25) is 0 Å². The number of ether oxygens (including phenoxy) is 1. The second kappa shape index (κ2) is 4.49. The van der Waals surface area contributed by atoms with Crippen molar-refractivity contribution in [2.45, 2.75) is 0 Å². The highest BCUT2D eigenvalue weighted by atomic mass is 19.1. The Bertz CT molecular complexity index is 337. The molecule has 2 rings (SSSR count). The lowest BCUT2D eigenvalue weighted by Crippen LogP contribution is -2.36. The average Bonchev–Trinajstić information content (AvgIpc) is 2.31. The zero-order valence-electron chi connectivity index (χ0n) is 8.79. The molecule has 0 saturated carbocycles. The number of anilines is 2. The van der Waals surface area contributed by atoms with Gasteiger partial charge in [-0.25, -0.2) is 4.39 Å². The van der Waals surface area contributed by atoms with Gasteiger partial charge in [0.1, 0.15) is 5.82 Å². The van der Waals surface area contributed by atoms with Gasteiger partial charge in [-0.05, 0) is 18.2 Å². The highest BCUT2D eigenvalue weighted by Gasteiger charge is 2.15. The van der Waals surface area contributed by atoms with Gasteiger partial charge in [-0.2, -0.15) is 0 Å². The summed E-state index contributed by atoms with van der Waals surface area (Å²) in [5, 5.41) is 3.01. The van der Waals surface area contributed by atoms with E-state index < -0.39 is 0 Å². The SMILES string of the molecule is CNc1ccc(F)c(N2CCOCC2)c1. The van der Waals surface area contributed by atoms with Crippen molar-refractivity contribution in [3.05, 3.63) is 24.0 Å². The second-order valence-corrected chi connectivity index (χ2v) is 3.52. The van der Waals surface area contributed by atoms with Crippen LogP contribution in [-0.4, -0.2) is 33.4 Å². The summed E-state index contributed by atoms with van der Waals surface area (Å²) >= 11 is 0. The van der Waals surface area contributed by atoms with Crippen molar-refractivity contribution in [1.82, 2.24) is 0 Å². The highest BCUT2D eigenvalue weighted by molar-refractivity contribution is 5.59. The Kier molecular flexibility index (Phi) is 3.06. The van der Waals surface area contributed by atoms with E-state index in [2.05, 4.69) is 5.32 Å². The molecule has 0 unspecified atom stereocenters. The number of nitrogens with zero attached hydrogens (tertiary/aromatic N) is 1. The van der Waals surface area contributed by atoms with Crippen LogP contribution in [0.1, 0.15) is 0 Å². The average molecular weight is 210 g/mol. The molecule has 1 saturated heterocycles. The second-order valence-electron chi connectivity index (χ2n) is 3.52. The van der Waals surface area contributed by atoms with Gasteiger partial charge in [-0.1, -0.05) is 0 Å². The number of hydrogen-bond donors (Lipinski definition) is 1. The summed E-state index contributed by atoms with van der Waals surface area (Å²) in [7, 11) is 1.83. The maximum absolute atomic E-state index is 13.6. The zero-order chi connectivity index (χ0) is 10.7. The summed E-state index contributed by atoms with van der Waals surface area (Å²) in [5.74, 6) is -0.170. The number of halogens is 1. The lowest BCUT2D eigenvalue weighted by Gasteiger charge is -2.29. The zero-order valence-corrected chi connectivity index (χ0v) is 8.79. The third-order valence-electron chi connectivity index (χ3n) is 2.59. The van der Waals surface area contributed by atoms with E-state index >= 15 is 0 Å². The van der Waals surface area contributed by atoms with E-state index in [4.69, 9.17) is 4.74 Å². The summed E-state index contributed by atoms with van der Waals surface area (Å²) in [5.41, 5.74) is 1.59. The Morgan fingerprint density at radius 1 is 1.33 bits per heavy atom. The van der Waals surface area contributed by atoms with Crippen molar-refractivity contribution < 1.29 is 9.13 Å². The number of hydrogen-bond acceptors (Lipinski definition) is 3. The fraction of sp³-hybridized carbons (Fsp3) is 0.455. The lowest BCUT2D eigenvalue weighted by atomic mass is 10.2. The Hall–Kier alpha value is -1.29. The predicted octanol–water partition coefficient (Wildman–Crippen LogP) is 1.70. The number of morpholine rings is 1. The van der Waals surface area contributed by atoms with Gasteiger partial charge in [0.25, 0.3) is 0 Å². The minimum Gasteiger partial charge on any atom is -0.388 e. The quantitative estimate of drug-likeness (QED) is 0.804. The normalized spacial score (nSPS) is 16.5. The maximum Gasteiger partial charge on any atom is 0.146 e. The van der Waals surface area contributed by atoms with Crippen LogP contribution in [0.3, 0.4) is 0 Å². The number of benzene rings is 1. The molecule has 1 N–H and O–H groups in total. The molecular formula is C11H15FN2O. The minimum atomic E-state index is -0.170. The Morgan fingerprint density at radius 3 is 2.73 bits per heavy atom. The molecule has 4 heteroatoms. The van der Waals surface area contributed by atoms with Crippen LogP contribution in [0.15, 0.2) is 18.2 Å². The van der Waals surface area contributed by atoms with Crippen molar-refractivity contribution >= 4 is 11.4 Å². The summed E-state index contributed by atoms with van der Waals surface area (Å²) in [6.45, 7) is 2.85. The number of rotatable bonds is 2. The molecule has 0 spiro atoms. The first-order chi connectivity index (χ1) is 7.31. The Morgan fingerprint density at radius 2 is 2.07 bits per heavy atom. The summed E-state index contributed by atoms with van der Waals surface area (Å²) < 4.78 is 18.8. The van der Waals surface area contributed by atoms with Gasteiger partial charge in [0, 0.05) is 25.8 Å². The first kappa shape index (κ1) is 10.2. The fourth-order valence-electron chi connectivity index (χ4n) is 1.71. The third-order valence-corrected chi connectivity index (χ3v) is 2.59. The fourth-order valence-corrected chi connectivity index (χ4v) is 1.71. The smallest absolute Gasteiger partial charge is 0.146 e. The first-order valence-electron chi connectivity index (χ1n) is 5.11. The molecule has 1 fully saturated rings. The van der Waals surface area contributed by atoms with Crippen LogP contribution in [-0.2, 0) is 4.74 Å². The Labute approximate surface area is 88.8 Å². The van der Waals surface area contributed by atoms with E-state index in [0.717, 1.165) is 18.8 Å². The van der Waals surface area contributed by atoms with Crippen molar-refractivity contribution in [2.24, 2.45) is 0 Å². The topological polar surface area (TPSA) is 24.5 Å². The standard InChI is InChI=1S/C11H15FN2O/c1-13-9-2-3-10(12)11(8-9)14-4-6-15-7-5-14/h2-3,8,13H,4-7H2,1H3. The first-order valence-corrected chi connectivity index (χ1v) is 5.11. The van der Waals surface area contributed by atoms with E-state index in [1.165, 1.54) is 6.07 Å². The van der Waals surface area contributed by atoms with Gasteiger partial charge < -0.3 is 15.0 Å². The molecule has 0 atom stereocenters. The van der Waals surface area contributed by atoms with Gasteiger partial charge in [0.15, 0.2) is 0 Å². The van der Waals surface area contributed by atoms with Crippen LogP contribution >= 0.6 is 0 Å². The third kappa shape index (κ3) is 2.21. The monoisotopic (exact) mass is 210 g/mol. The van der Waals surface area contributed by atoms with Gasteiger partial charge in [0.05, 0.1) is 18.9 Å². The van der Waals surface area contributed by atoms with Crippen molar-refractivity contribution in [3.8, 4) is 0 Å². The molecule has 0 bridgehead atoms. The van der Waals surface area contributed by atoms with Crippen LogP contribution in [0.25, 0.3) is 0 Å². The molecule has 15 heavy (non-hydrogen) atoms. The molecular weight excluding hydrogens is 195 g/mol. The van der Waals surface area contributed by atoms with E-state index in [1.807, 2.05) is 18.0 Å². The van der Waals surface area contributed by atoms with Crippen LogP contribution < -0.4 is 10.2 Å². The molecule has 0 radical (unpaired) electrons. The maximum atomic E-state index is 13.6. The molecule has 1 heterocycles. The van der Waals surface area contributed by atoms with E-state index in [9.17, 15) is 4.39 Å². The summed E-state index contributed by atoms with van der Waals surface area (Å²) in [6, 6.07) is 5.07. The molecule has 3 nitrogen and oxygen atoms in total. The highest BCUT2D eigenvalue weighted by Crippen LogP contribution is 2.24. The molecule has 1 aliphatic heterocycles. The molecule has 1 aromatic rings. The van der Waals surface area contributed by atoms with Crippen LogP contribution in [0.4, 0.5) is 15.8 Å². The molecule has 1 aliphatic rings. The van der Waals surface area contributed by atoms with Gasteiger partial charge in [-0.15, -0.1) is 0 Å². The van der Waals surface area contributed by atoms with Crippen molar-refractivity contribution in [1.29, 1.82) is 0 Å². The lowest BCUT2D eigenvalue weighted by molar-refractivity contribution is 0.122. The van der Waals surface area contributed by atoms with E-state index in [1.54, 1.807) is 6.07 Å². The largest absolute Gasteiger partial charge is 0.388 e. The van der Waals surface area contributed by atoms with Crippen molar-refractivity contribution in [2.75, 3.05) is 43.6 Å². The van der Waals surface area contributed by atoms with Gasteiger partial charge >= 0.3 is 0 Å². The summed E-state index contributed by atoms with van der Waals surface area (Å²) in [6.07, 6.45) is 0. The number of nitrogens with one attached hydrogen (secondary N) is 1. The minimum absolute atomic E-state index is 0.170. The molecule has 0 aliphatic carbocycles. The van der Waals surface area contributed by atoms with Crippen LogP contribution in [0, 0.1) is 5.82 Å². The van der Waals surface area contributed by atoms with E-state index in [0.29, 0.717) is 18.9 Å². The van der Waals surface area contributed by atoms with Crippen LogP contribution in [0.2, 0.25) is 0 Å². The molecule has 0 amide bonds. The van der Waals surface area contributed by atoms with Gasteiger partial charge in [0.2, 0.25) is 0 Å². The van der Waals surface area contributed by atoms with Crippen molar-refractivity contribution in [3.63, 3.8) is 0 Å².